The van der Waals surface area contributed by atoms with Crippen molar-refractivity contribution in [2.75, 3.05) is 6.61 Å². The van der Waals surface area contributed by atoms with Gasteiger partial charge in [-0.15, -0.1) is 0 Å². The van der Waals surface area contributed by atoms with Gasteiger partial charge in [-0.25, -0.2) is 0 Å². The minimum Gasteiger partial charge on any atom is -0.458 e. The van der Waals surface area contributed by atoms with E-state index in [9.17, 15) is 14.4 Å². The van der Waals surface area contributed by atoms with E-state index in [1.54, 1.807) is 6.92 Å². The monoisotopic (exact) mass is 274 g/mol. The number of hydrogen-bond acceptors (Lipinski definition) is 7. The van der Waals surface area contributed by atoms with Crippen molar-refractivity contribution in [1.29, 1.82) is 0 Å². The normalized spacial score (nSPS) is 30.3. The molecule has 0 saturated carbocycles. The zero-order chi connectivity index (χ0) is 14.6. The van der Waals surface area contributed by atoms with Crippen LogP contribution in [0.15, 0.2) is 0 Å². The highest BCUT2D eigenvalue weighted by Gasteiger charge is 2.45. The van der Waals surface area contributed by atoms with Crippen molar-refractivity contribution in [2.24, 2.45) is 5.92 Å². The van der Waals surface area contributed by atoms with Gasteiger partial charge in [0.15, 0.2) is 0 Å². The first-order valence-corrected chi connectivity index (χ1v) is 5.94. The molecule has 0 amide bonds. The summed E-state index contributed by atoms with van der Waals surface area (Å²) in [6, 6.07) is 0. The Bertz CT molecular complexity index is 365. The molecule has 0 aromatic rings. The predicted octanol–water partition coefficient (Wildman–Crippen LogP) is 0.405. The van der Waals surface area contributed by atoms with Gasteiger partial charge < -0.3 is 18.9 Å². The average molecular weight is 274 g/mol. The van der Waals surface area contributed by atoms with E-state index < -0.39 is 36.4 Å². The smallest absolute Gasteiger partial charge is 0.305 e. The first-order chi connectivity index (χ1) is 8.81. The van der Waals surface area contributed by atoms with Gasteiger partial charge in [0.05, 0.1) is 6.61 Å². The third-order valence-electron chi connectivity index (χ3n) is 2.56. The molecule has 0 bridgehead atoms. The maximum Gasteiger partial charge on any atom is 0.305 e. The molecule has 0 aliphatic carbocycles. The topological polar surface area (TPSA) is 88.1 Å². The molecule has 108 valence electrons. The lowest BCUT2D eigenvalue weighted by molar-refractivity contribution is -0.260. The highest BCUT2D eigenvalue weighted by atomic mass is 16.7. The molecular formula is C12H18O7. The fraction of sp³-hybridized carbons (Fsp3) is 0.750. The van der Waals surface area contributed by atoms with Crippen LogP contribution in [0, 0.1) is 5.92 Å². The molecule has 1 aliphatic heterocycles. The van der Waals surface area contributed by atoms with Gasteiger partial charge in [0.25, 0.3) is 0 Å². The van der Waals surface area contributed by atoms with Crippen molar-refractivity contribution in [1.82, 2.24) is 0 Å². The molecule has 0 aromatic heterocycles. The Balaban J connectivity index is 2.89. The number of rotatable bonds is 3. The Morgan fingerprint density at radius 1 is 0.895 bits per heavy atom. The van der Waals surface area contributed by atoms with Crippen LogP contribution in [-0.4, -0.2) is 43.0 Å². The standard InChI is InChI=1S/C12H18O7/c1-6-5-16-12(19-9(4)15)11(18-8(3)14)10(6)17-7(2)13/h6,10-12H,5H2,1-4H3/t6-,10-,11+,12?/m1/s1. The maximum absolute atomic E-state index is 11.1. The maximum atomic E-state index is 11.1. The molecule has 0 N–H and O–H groups in total. The van der Waals surface area contributed by atoms with Gasteiger partial charge in [0.2, 0.25) is 12.4 Å². The molecule has 19 heavy (non-hydrogen) atoms. The summed E-state index contributed by atoms with van der Waals surface area (Å²) in [6.07, 6.45) is -2.74. The molecule has 0 radical (unpaired) electrons. The van der Waals surface area contributed by atoms with E-state index in [2.05, 4.69) is 0 Å². The summed E-state index contributed by atoms with van der Waals surface area (Å²) in [7, 11) is 0. The van der Waals surface area contributed by atoms with Gasteiger partial charge in [0, 0.05) is 26.7 Å². The summed E-state index contributed by atoms with van der Waals surface area (Å²) in [5, 5.41) is 0. The molecule has 4 atom stereocenters. The quantitative estimate of drug-likeness (QED) is 0.544. The van der Waals surface area contributed by atoms with E-state index in [1.807, 2.05) is 0 Å². The second-order valence-electron chi connectivity index (χ2n) is 4.44. The van der Waals surface area contributed by atoms with Crippen LogP contribution in [0.5, 0.6) is 0 Å². The molecule has 1 fully saturated rings. The van der Waals surface area contributed by atoms with Gasteiger partial charge in [-0.3, -0.25) is 14.4 Å². The van der Waals surface area contributed by atoms with E-state index in [0.29, 0.717) is 0 Å². The van der Waals surface area contributed by atoms with Crippen LogP contribution in [0.4, 0.5) is 0 Å². The van der Waals surface area contributed by atoms with Gasteiger partial charge >= 0.3 is 17.9 Å². The lowest BCUT2D eigenvalue weighted by atomic mass is 9.97. The Hall–Kier alpha value is -1.63. The second kappa shape index (κ2) is 6.51. The molecule has 7 heteroatoms. The summed E-state index contributed by atoms with van der Waals surface area (Å²) >= 11 is 0. The Morgan fingerprint density at radius 3 is 1.84 bits per heavy atom. The number of hydrogen-bond donors (Lipinski definition) is 0. The van der Waals surface area contributed by atoms with Crippen molar-refractivity contribution < 1.29 is 33.3 Å². The van der Waals surface area contributed by atoms with Crippen LogP contribution < -0.4 is 0 Å². The predicted molar refractivity (Wildman–Crippen MR) is 61.8 cm³/mol. The zero-order valence-corrected chi connectivity index (χ0v) is 11.4. The number of carbonyl (C=O) groups excluding carboxylic acids is 3. The highest BCUT2D eigenvalue weighted by molar-refractivity contribution is 5.68. The van der Waals surface area contributed by atoms with Gasteiger partial charge in [-0.2, -0.15) is 0 Å². The summed E-state index contributed by atoms with van der Waals surface area (Å²) in [5.41, 5.74) is 0. The minimum atomic E-state index is -1.07. The number of carbonyl (C=O) groups is 3. The molecule has 7 nitrogen and oxygen atoms in total. The van der Waals surface area contributed by atoms with E-state index in [1.165, 1.54) is 20.8 Å². The van der Waals surface area contributed by atoms with Gasteiger partial charge in [-0.05, 0) is 0 Å². The lowest BCUT2D eigenvalue weighted by Crippen LogP contribution is -2.54. The molecule has 1 rings (SSSR count). The number of ether oxygens (including phenoxy) is 4. The Kier molecular flexibility index (Phi) is 5.29. The molecule has 1 unspecified atom stereocenters. The van der Waals surface area contributed by atoms with Crippen LogP contribution >= 0.6 is 0 Å². The third kappa shape index (κ3) is 4.51. The third-order valence-corrected chi connectivity index (χ3v) is 2.56. The van der Waals surface area contributed by atoms with Crippen molar-refractivity contribution in [3.63, 3.8) is 0 Å². The summed E-state index contributed by atoms with van der Waals surface area (Å²) < 4.78 is 20.5. The molecule has 1 saturated heterocycles. The van der Waals surface area contributed by atoms with Crippen molar-refractivity contribution in [2.45, 2.75) is 46.2 Å². The first-order valence-electron chi connectivity index (χ1n) is 5.94. The van der Waals surface area contributed by atoms with Crippen LogP contribution in [0.1, 0.15) is 27.7 Å². The van der Waals surface area contributed by atoms with E-state index in [4.69, 9.17) is 18.9 Å². The van der Waals surface area contributed by atoms with Crippen molar-refractivity contribution in [3.8, 4) is 0 Å². The summed E-state index contributed by atoms with van der Waals surface area (Å²) in [6.45, 7) is 5.71. The summed E-state index contributed by atoms with van der Waals surface area (Å²) in [4.78, 5) is 33.2. The van der Waals surface area contributed by atoms with Crippen LogP contribution in [-0.2, 0) is 33.3 Å². The van der Waals surface area contributed by atoms with Crippen LogP contribution in [0.25, 0.3) is 0 Å². The van der Waals surface area contributed by atoms with Gasteiger partial charge in [-0.1, -0.05) is 6.92 Å². The first kappa shape index (κ1) is 15.4. The molecule has 1 aliphatic rings. The molecular weight excluding hydrogens is 256 g/mol. The van der Waals surface area contributed by atoms with E-state index >= 15 is 0 Å². The average Bonchev–Trinajstić information content (AvgIpc) is 2.25. The minimum absolute atomic E-state index is 0.181. The molecule has 0 spiro atoms. The van der Waals surface area contributed by atoms with Gasteiger partial charge in [0.1, 0.15) is 6.10 Å². The molecule has 0 aromatic carbocycles. The van der Waals surface area contributed by atoms with Crippen molar-refractivity contribution >= 4 is 17.9 Å². The fourth-order valence-electron chi connectivity index (χ4n) is 1.87. The molecule has 1 heterocycles. The summed E-state index contributed by atoms with van der Waals surface area (Å²) in [5.74, 6) is -1.83. The van der Waals surface area contributed by atoms with E-state index in [-0.39, 0.29) is 12.5 Å². The zero-order valence-electron chi connectivity index (χ0n) is 11.4. The second-order valence-corrected chi connectivity index (χ2v) is 4.44. The Morgan fingerprint density at radius 2 is 1.37 bits per heavy atom. The fourth-order valence-corrected chi connectivity index (χ4v) is 1.87. The SMILES string of the molecule is CC(=O)OC1OC[C@@H](C)[C@@H](OC(C)=O)[C@@H]1OC(C)=O. The van der Waals surface area contributed by atoms with Crippen LogP contribution in [0.2, 0.25) is 0 Å². The van der Waals surface area contributed by atoms with E-state index in [0.717, 1.165) is 0 Å². The number of esters is 3. The Labute approximate surface area is 111 Å². The van der Waals surface area contributed by atoms with Crippen LogP contribution in [0.3, 0.4) is 0 Å². The largest absolute Gasteiger partial charge is 0.458 e. The van der Waals surface area contributed by atoms with Crippen molar-refractivity contribution in [3.05, 3.63) is 0 Å². The highest BCUT2D eigenvalue weighted by Crippen LogP contribution is 2.26. The lowest BCUT2D eigenvalue weighted by Gasteiger charge is -2.39.